The number of nitrogens with zero attached hydrogens (tertiary/aromatic N) is 5. The first-order valence-electron chi connectivity index (χ1n) is 10.2. The molecule has 3 heterocycles. The lowest BCUT2D eigenvalue weighted by molar-refractivity contribution is -0.132. The van der Waals surface area contributed by atoms with Crippen LogP contribution in [-0.4, -0.2) is 58.9 Å². The van der Waals surface area contributed by atoms with Gasteiger partial charge < -0.3 is 14.5 Å². The second-order valence-corrected chi connectivity index (χ2v) is 7.29. The molecule has 7 nitrogen and oxygen atoms in total. The average Bonchev–Trinajstić information content (AvgIpc) is 3.19. The van der Waals surface area contributed by atoms with Crippen LogP contribution in [-0.2, 0) is 11.3 Å². The van der Waals surface area contributed by atoms with E-state index in [4.69, 9.17) is 16.3 Å². The number of aryl methyl sites for hydroxylation is 1. The van der Waals surface area contributed by atoms with Gasteiger partial charge in [0.1, 0.15) is 12.3 Å². The molecule has 0 aliphatic carbocycles. The molecule has 8 heteroatoms. The number of hydrogen-bond acceptors (Lipinski definition) is 5. The second kappa shape index (κ2) is 9.80. The molecule has 0 atom stereocenters. The monoisotopic (exact) mass is 429 g/mol. The molecule has 1 fully saturated rings. The van der Waals surface area contributed by atoms with E-state index in [2.05, 4.69) is 15.0 Å². The maximum atomic E-state index is 12.7. The summed E-state index contributed by atoms with van der Waals surface area (Å²) in [4.78, 5) is 21.1. The Morgan fingerprint density at radius 3 is 2.57 bits per heavy atom. The minimum Gasteiger partial charge on any atom is -0.495 e. The van der Waals surface area contributed by atoms with Crippen LogP contribution in [0.4, 0.5) is 5.69 Å². The third-order valence-electron chi connectivity index (χ3n) is 5.12. The van der Waals surface area contributed by atoms with Crippen molar-refractivity contribution in [1.29, 1.82) is 0 Å². The number of hydrogen-bond donors (Lipinski definition) is 0. The van der Waals surface area contributed by atoms with Crippen molar-refractivity contribution in [3.05, 3.63) is 47.2 Å². The number of rotatable bonds is 4. The largest absolute Gasteiger partial charge is 0.495 e. The van der Waals surface area contributed by atoms with Crippen molar-refractivity contribution in [2.45, 2.75) is 27.3 Å². The number of amides is 1. The molecule has 1 saturated heterocycles. The molecule has 2 aromatic heterocycles. The van der Waals surface area contributed by atoms with E-state index in [9.17, 15) is 4.79 Å². The molecule has 0 saturated carbocycles. The number of halogens is 1. The van der Waals surface area contributed by atoms with Gasteiger partial charge in [0.05, 0.1) is 12.1 Å². The molecule has 3 aromatic rings. The van der Waals surface area contributed by atoms with Crippen molar-refractivity contribution in [3.63, 3.8) is 0 Å². The SMILES string of the molecule is CC.COc1cc(N2CCN(C(=O)Cn3cc4c(C)ccnc4n3)CC2)ccc1Cl. The number of methoxy groups -OCH3 is 1. The van der Waals surface area contributed by atoms with Crippen LogP contribution in [0.15, 0.2) is 36.7 Å². The van der Waals surface area contributed by atoms with Crippen LogP contribution in [0, 0.1) is 6.92 Å². The smallest absolute Gasteiger partial charge is 0.244 e. The molecule has 0 unspecified atom stereocenters. The molecule has 0 bridgehead atoms. The fourth-order valence-corrected chi connectivity index (χ4v) is 3.67. The molecule has 30 heavy (non-hydrogen) atoms. The summed E-state index contributed by atoms with van der Waals surface area (Å²) in [6.07, 6.45) is 3.63. The Hall–Kier alpha value is -2.80. The Bertz CT molecular complexity index is 1010. The summed E-state index contributed by atoms with van der Waals surface area (Å²) in [7, 11) is 1.61. The van der Waals surface area contributed by atoms with Gasteiger partial charge >= 0.3 is 0 Å². The van der Waals surface area contributed by atoms with Gasteiger partial charge in [-0.15, -0.1) is 0 Å². The minimum atomic E-state index is 0.0683. The number of ether oxygens (including phenoxy) is 1. The van der Waals surface area contributed by atoms with Crippen molar-refractivity contribution in [1.82, 2.24) is 19.7 Å². The average molecular weight is 430 g/mol. The van der Waals surface area contributed by atoms with Crippen molar-refractivity contribution in [2.24, 2.45) is 0 Å². The molecule has 0 N–H and O–H groups in total. The Labute approximate surface area is 182 Å². The van der Waals surface area contributed by atoms with Gasteiger partial charge in [-0.1, -0.05) is 25.4 Å². The molecule has 1 aromatic carbocycles. The number of benzene rings is 1. The number of aromatic nitrogens is 3. The zero-order chi connectivity index (χ0) is 21.7. The van der Waals surface area contributed by atoms with Crippen LogP contribution in [0.1, 0.15) is 19.4 Å². The highest BCUT2D eigenvalue weighted by atomic mass is 35.5. The Balaban J connectivity index is 0.00000124. The van der Waals surface area contributed by atoms with E-state index in [1.165, 1.54) is 0 Å². The summed E-state index contributed by atoms with van der Waals surface area (Å²) in [6, 6.07) is 7.70. The summed E-state index contributed by atoms with van der Waals surface area (Å²) >= 11 is 6.11. The van der Waals surface area contributed by atoms with E-state index in [1.54, 1.807) is 18.0 Å². The number of pyridine rings is 1. The molecule has 1 aliphatic rings. The fourth-order valence-electron chi connectivity index (χ4n) is 3.47. The highest BCUT2D eigenvalue weighted by Gasteiger charge is 2.22. The van der Waals surface area contributed by atoms with E-state index in [0.717, 1.165) is 29.7 Å². The number of fused-ring (bicyclic) bond motifs is 1. The lowest BCUT2D eigenvalue weighted by Crippen LogP contribution is -2.49. The van der Waals surface area contributed by atoms with E-state index in [0.29, 0.717) is 29.5 Å². The van der Waals surface area contributed by atoms with Gasteiger partial charge in [-0.2, -0.15) is 5.10 Å². The van der Waals surface area contributed by atoms with Crippen molar-refractivity contribution in [3.8, 4) is 5.75 Å². The van der Waals surface area contributed by atoms with Crippen LogP contribution >= 0.6 is 11.6 Å². The molecule has 1 amide bonds. The summed E-state index contributed by atoms with van der Waals surface area (Å²) < 4.78 is 6.98. The summed E-state index contributed by atoms with van der Waals surface area (Å²) in [5, 5.41) is 6.00. The topological polar surface area (TPSA) is 63.5 Å². The van der Waals surface area contributed by atoms with E-state index in [-0.39, 0.29) is 12.5 Å². The second-order valence-electron chi connectivity index (χ2n) is 6.88. The lowest BCUT2D eigenvalue weighted by atomic mass is 10.2. The normalized spacial score (nSPS) is 13.8. The minimum absolute atomic E-state index is 0.0683. The first-order chi connectivity index (χ1) is 14.5. The predicted molar refractivity (Wildman–Crippen MR) is 120 cm³/mol. The Morgan fingerprint density at radius 2 is 1.90 bits per heavy atom. The van der Waals surface area contributed by atoms with Crippen LogP contribution in [0.25, 0.3) is 11.0 Å². The fraction of sp³-hybridized carbons (Fsp3) is 0.409. The number of piperazine rings is 1. The van der Waals surface area contributed by atoms with Crippen LogP contribution in [0.2, 0.25) is 5.02 Å². The maximum Gasteiger partial charge on any atom is 0.244 e. The molecular weight excluding hydrogens is 402 g/mol. The highest BCUT2D eigenvalue weighted by Crippen LogP contribution is 2.29. The zero-order valence-corrected chi connectivity index (χ0v) is 18.7. The molecule has 1 aliphatic heterocycles. The number of carbonyl (C=O) groups is 1. The van der Waals surface area contributed by atoms with Crippen LogP contribution in [0.3, 0.4) is 0 Å². The van der Waals surface area contributed by atoms with E-state index < -0.39 is 0 Å². The number of anilines is 1. The Morgan fingerprint density at radius 1 is 1.17 bits per heavy atom. The van der Waals surface area contributed by atoms with Gasteiger partial charge in [0.15, 0.2) is 5.65 Å². The third kappa shape index (κ3) is 4.67. The standard InChI is InChI=1S/C20H22ClN5O2.C2H6/c1-14-5-6-22-20-16(14)12-26(23-20)13-19(27)25-9-7-24(8-10-25)15-3-4-17(21)18(11-15)28-2;1-2/h3-6,11-12H,7-10,13H2,1-2H3;1-2H3. The first-order valence-corrected chi connectivity index (χ1v) is 10.6. The summed E-state index contributed by atoms with van der Waals surface area (Å²) in [5.41, 5.74) is 2.83. The van der Waals surface area contributed by atoms with Gasteiger partial charge in [-0.3, -0.25) is 9.48 Å². The molecular formula is C22H28ClN5O2. The van der Waals surface area contributed by atoms with Gasteiger partial charge in [0.2, 0.25) is 5.91 Å². The van der Waals surface area contributed by atoms with Gasteiger partial charge in [-0.25, -0.2) is 4.98 Å². The highest BCUT2D eigenvalue weighted by molar-refractivity contribution is 6.32. The quantitative estimate of drug-likeness (QED) is 0.631. The Kier molecular flexibility index (Phi) is 7.15. The van der Waals surface area contributed by atoms with E-state index in [1.807, 2.05) is 56.1 Å². The van der Waals surface area contributed by atoms with E-state index >= 15 is 0 Å². The maximum absolute atomic E-state index is 12.7. The summed E-state index contributed by atoms with van der Waals surface area (Å²) in [5.74, 6) is 0.728. The van der Waals surface area contributed by atoms with Crippen LogP contribution < -0.4 is 9.64 Å². The summed E-state index contributed by atoms with van der Waals surface area (Å²) in [6.45, 7) is 9.10. The lowest BCUT2D eigenvalue weighted by Gasteiger charge is -2.36. The first kappa shape index (κ1) is 21.9. The number of carbonyl (C=O) groups excluding carboxylic acids is 1. The van der Waals surface area contributed by atoms with Crippen molar-refractivity contribution < 1.29 is 9.53 Å². The molecule has 160 valence electrons. The molecule has 0 radical (unpaired) electrons. The van der Waals surface area contributed by atoms with Crippen molar-refractivity contribution in [2.75, 3.05) is 38.2 Å². The molecule has 4 rings (SSSR count). The third-order valence-corrected chi connectivity index (χ3v) is 5.43. The predicted octanol–water partition coefficient (Wildman–Crippen LogP) is 3.78. The van der Waals surface area contributed by atoms with Crippen molar-refractivity contribution >= 4 is 34.2 Å². The zero-order valence-electron chi connectivity index (χ0n) is 17.9. The van der Waals surface area contributed by atoms with Gasteiger partial charge in [-0.05, 0) is 30.7 Å². The van der Waals surface area contributed by atoms with Gasteiger partial charge in [0.25, 0.3) is 0 Å². The molecule has 0 spiro atoms. The van der Waals surface area contributed by atoms with Crippen LogP contribution in [0.5, 0.6) is 5.75 Å². The van der Waals surface area contributed by atoms with Gasteiger partial charge in [0, 0.05) is 55.7 Å².